The van der Waals surface area contributed by atoms with Gasteiger partial charge in [0.15, 0.2) is 0 Å². The van der Waals surface area contributed by atoms with Crippen molar-refractivity contribution < 1.29 is 22.7 Å². The quantitative estimate of drug-likeness (QED) is 0.878. The lowest BCUT2D eigenvalue weighted by Crippen LogP contribution is -2.25. The molecule has 3 rings (SSSR count). The number of hydrogen-bond donors (Lipinski definition) is 1. The van der Waals surface area contributed by atoms with Gasteiger partial charge in [-0.3, -0.25) is 4.79 Å². The summed E-state index contributed by atoms with van der Waals surface area (Å²) in [5, 5.41) is 0. The van der Waals surface area contributed by atoms with Crippen LogP contribution in [-0.2, 0) is 6.18 Å². The Bertz CT molecular complexity index is 816. The molecule has 1 amide bonds. The van der Waals surface area contributed by atoms with Crippen LogP contribution in [0.25, 0.3) is 0 Å². The number of hydrogen-bond acceptors (Lipinski definition) is 5. The van der Waals surface area contributed by atoms with Crippen molar-refractivity contribution in [1.82, 2.24) is 15.0 Å². The van der Waals surface area contributed by atoms with Crippen LogP contribution < -0.4 is 10.5 Å². The van der Waals surface area contributed by atoms with E-state index in [1.165, 1.54) is 6.07 Å². The lowest BCUT2D eigenvalue weighted by molar-refractivity contribution is -0.137. The van der Waals surface area contributed by atoms with Crippen LogP contribution in [0, 0.1) is 6.92 Å². The molecular formula is C18H19F3N4O2. The SMILES string of the molecule is Cc1cc(C(N)=O)nc(C2CCC(Oc3ccc(C(F)(F)F)cn3)CC2)n1. The van der Waals surface area contributed by atoms with Crippen molar-refractivity contribution >= 4 is 5.91 Å². The first kappa shape index (κ1) is 19.1. The topological polar surface area (TPSA) is 91.0 Å². The number of alkyl halides is 3. The Kier molecular flexibility index (Phi) is 5.29. The molecule has 0 atom stereocenters. The minimum Gasteiger partial charge on any atom is -0.474 e. The molecule has 6 nitrogen and oxygen atoms in total. The van der Waals surface area contributed by atoms with Gasteiger partial charge >= 0.3 is 6.18 Å². The lowest BCUT2D eigenvalue weighted by Gasteiger charge is -2.28. The molecule has 0 saturated heterocycles. The molecule has 0 aliphatic heterocycles. The van der Waals surface area contributed by atoms with Crippen molar-refractivity contribution in [2.75, 3.05) is 0 Å². The van der Waals surface area contributed by atoms with Crippen LogP contribution in [0.1, 0.15) is 59.2 Å². The summed E-state index contributed by atoms with van der Waals surface area (Å²) in [6.07, 6.45) is -0.910. The molecule has 0 spiro atoms. The third-order valence-corrected chi connectivity index (χ3v) is 4.51. The molecule has 1 fully saturated rings. The van der Waals surface area contributed by atoms with E-state index in [0.29, 0.717) is 24.4 Å². The average Bonchev–Trinajstić information content (AvgIpc) is 2.61. The van der Waals surface area contributed by atoms with Gasteiger partial charge in [-0.1, -0.05) is 0 Å². The number of rotatable bonds is 4. The fraction of sp³-hybridized carbons (Fsp3) is 0.444. The number of carbonyl (C=O) groups excluding carboxylic acids is 1. The minimum atomic E-state index is -4.42. The van der Waals surface area contributed by atoms with Gasteiger partial charge in [-0.25, -0.2) is 15.0 Å². The Hall–Kier alpha value is -2.71. The first-order valence-electron chi connectivity index (χ1n) is 8.57. The summed E-state index contributed by atoms with van der Waals surface area (Å²) in [5.74, 6) is 0.264. The van der Waals surface area contributed by atoms with Crippen LogP contribution in [0.15, 0.2) is 24.4 Å². The first-order valence-corrected chi connectivity index (χ1v) is 8.57. The van der Waals surface area contributed by atoms with Gasteiger partial charge in [0.2, 0.25) is 5.88 Å². The summed E-state index contributed by atoms with van der Waals surface area (Å²) < 4.78 is 43.4. The summed E-state index contributed by atoms with van der Waals surface area (Å²) in [6, 6.07) is 3.74. The number of primary amides is 1. The number of aromatic nitrogens is 3. The predicted molar refractivity (Wildman–Crippen MR) is 90.2 cm³/mol. The predicted octanol–water partition coefficient (Wildman–Crippen LogP) is 3.40. The number of aryl methyl sites for hydroxylation is 1. The average molecular weight is 380 g/mol. The Labute approximate surface area is 154 Å². The Morgan fingerprint density at radius 1 is 1.19 bits per heavy atom. The molecule has 27 heavy (non-hydrogen) atoms. The van der Waals surface area contributed by atoms with Crippen LogP contribution >= 0.6 is 0 Å². The van der Waals surface area contributed by atoms with Crippen molar-refractivity contribution in [3.05, 3.63) is 47.2 Å². The normalized spacial score (nSPS) is 20.3. The fourth-order valence-electron chi connectivity index (χ4n) is 3.13. The van der Waals surface area contributed by atoms with Gasteiger partial charge in [-0.05, 0) is 44.7 Å². The molecular weight excluding hydrogens is 361 g/mol. The summed E-state index contributed by atoms with van der Waals surface area (Å²) in [5.41, 5.74) is 5.38. The van der Waals surface area contributed by atoms with E-state index >= 15 is 0 Å². The maximum atomic E-state index is 12.6. The molecule has 2 aromatic heterocycles. The largest absolute Gasteiger partial charge is 0.474 e. The number of pyridine rings is 1. The zero-order valence-electron chi connectivity index (χ0n) is 14.7. The van der Waals surface area contributed by atoms with Crippen LogP contribution in [0.4, 0.5) is 13.2 Å². The zero-order chi connectivity index (χ0) is 19.6. The van der Waals surface area contributed by atoms with E-state index in [1.807, 2.05) is 0 Å². The van der Waals surface area contributed by atoms with Crippen molar-refractivity contribution in [1.29, 1.82) is 0 Å². The van der Waals surface area contributed by atoms with Crippen molar-refractivity contribution in [3.63, 3.8) is 0 Å². The summed E-state index contributed by atoms with van der Waals surface area (Å²) in [7, 11) is 0. The Balaban J connectivity index is 1.60. The lowest BCUT2D eigenvalue weighted by atomic mass is 9.86. The Morgan fingerprint density at radius 3 is 2.44 bits per heavy atom. The molecule has 0 unspecified atom stereocenters. The second kappa shape index (κ2) is 7.50. The van der Waals surface area contributed by atoms with Crippen LogP contribution in [-0.4, -0.2) is 27.0 Å². The van der Waals surface area contributed by atoms with Crippen molar-refractivity contribution in [3.8, 4) is 5.88 Å². The molecule has 1 saturated carbocycles. The second-order valence-corrected chi connectivity index (χ2v) is 6.59. The maximum absolute atomic E-state index is 12.6. The zero-order valence-corrected chi connectivity index (χ0v) is 14.7. The van der Waals surface area contributed by atoms with Gasteiger partial charge in [-0.15, -0.1) is 0 Å². The molecule has 0 bridgehead atoms. The highest BCUT2D eigenvalue weighted by Crippen LogP contribution is 2.34. The Morgan fingerprint density at radius 2 is 1.89 bits per heavy atom. The van der Waals surface area contributed by atoms with Gasteiger partial charge in [0.25, 0.3) is 5.91 Å². The van der Waals surface area contributed by atoms with Gasteiger partial charge in [-0.2, -0.15) is 13.2 Å². The standard InChI is InChI=1S/C18H19F3N4O2/c1-10-8-14(16(22)26)25-17(24-10)11-2-5-13(6-3-11)27-15-7-4-12(9-23-15)18(19,20)21/h4,7-9,11,13H,2-3,5-6H2,1H3,(H2,22,26). The number of halogens is 3. The molecule has 2 N–H and O–H groups in total. The molecule has 144 valence electrons. The molecule has 1 aliphatic rings. The third-order valence-electron chi connectivity index (χ3n) is 4.51. The van der Waals surface area contributed by atoms with E-state index in [2.05, 4.69) is 15.0 Å². The van der Waals surface area contributed by atoms with E-state index in [1.54, 1.807) is 13.0 Å². The molecule has 1 aliphatic carbocycles. The van der Waals surface area contributed by atoms with Crippen LogP contribution in [0.3, 0.4) is 0 Å². The van der Waals surface area contributed by atoms with Crippen molar-refractivity contribution in [2.45, 2.75) is 50.8 Å². The van der Waals surface area contributed by atoms with Gasteiger partial charge in [0.1, 0.15) is 17.6 Å². The van der Waals surface area contributed by atoms with E-state index < -0.39 is 17.6 Å². The van der Waals surface area contributed by atoms with Crippen LogP contribution in [0.2, 0.25) is 0 Å². The molecule has 2 heterocycles. The van der Waals surface area contributed by atoms with Crippen molar-refractivity contribution in [2.24, 2.45) is 5.73 Å². The number of nitrogens with zero attached hydrogens (tertiary/aromatic N) is 3. The second-order valence-electron chi connectivity index (χ2n) is 6.59. The monoisotopic (exact) mass is 380 g/mol. The summed E-state index contributed by atoms with van der Waals surface area (Å²) in [6.45, 7) is 1.78. The number of carbonyl (C=O) groups is 1. The van der Waals surface area contributed by atoms with E-state index in [9.17, 15) is 18.0 Å². The van der Waals surface area contributed by atoms with E-state index in [4.69, 9.17) is 10.5 Å². The number of amides is 1. The first-order chi connectivity index (χ1) is 12.7. The van der Waals surface area contributed by atoms with E-state index in [-0.39, 0.29) is 23.6 Å². The third kappa shape index (κ3) is 4.72. The van der Waals surface area contributed by atoms with Crippen LogP contribution in [0.5, 0.6) is 5.88 Å². The molecule has 0 aromatic carbocycles. The smallest absolute Gasteiger partial charge is 0.417 e. The molecule has 0 radical (unpaired) electrons. The van der Waals surface area contributed by atoms with Gasteiger partial charge in [0.05, 0.1) is 5.56 Å². The number of nitrogens with two attached hydrogens (primary N) is 1. The van der Waals surface area contributed by atoms with E-state index in [0.717, 1.165) is 25.1 Å². The highest BCUT2D eigenvalue weighted by atomic mass is 19.4. The minimum absolute atomic E-state index is 0.0865. The summed E-state index contributed by atoms with van der Waals surface area (Å²) in [4.78, 5) is 23.8. The highest BCUT2D eigenvalue weighted by molar-refractivity contribution is 5.90. The highest BCUT2D eigenvalue weighted by Gasteiger charge is 2.31. The molecule has 9 heteroatoms. The fourth-order valence-corrected chi connectivity index (χ4v) is 3.13. The van der Waals surface area contributed by atoms with Gasteiger partial charge < -0.3 is 10.5 Å². The van der Waals surface area contributed by atoms with Gasteiger partial charge in [0, 0.05) is 23.9 Å². The maximum Gasteiger partial charge on any atom is 0.417 e. The summed E-state index contributed by atoms with van der Waals surface area (Å²) >= 11 is 0. The molecule has 2 aromatic rings. The number of ether oxygens (including phenoxy) is 1.